The Bertz CT molecular complexity index is 342. The summed E-state index contributed by atoms with van der Waals surface area (Å²) in [4.78, 5) is 6.66. The molecule has 1 N–H and O–H groups in total. The Labute approximate surface area is 110 Å². The predicted molar refractivity (Wildman–Crippen MR) is 74.8 cm³/mol. The van der Waals surface area contributed by atoms with Gasteiger partial charge in [-0.25, -0.2) is 4.98 Å². The standard InChI is InChI=1S/C14H25N3O/c1-12(2)10-15-8-9-17(3)11-13-6-5-7-14(16-13)18-4/h5-7,12,15H,8-11H2,1-4H3. The summed E-state index contributed by atoms with van der Waals surface area (Å²) < 4.78 is 5.12. The van der Waals surface area contributed by atoms with Gasteiger partial charge in [0.05, 0.1) is 12.8 Å². The van der Waals surface area contributed by atoms with Crippen molar-refractivity contribution in [3.8, 4) is 5.88 Å². The van der Waals surface area contributed by atoms with Crippen LogP contribution in [-0.2, 0) is 6.54 Å². The second-order valence-corrected chi connectivity index (χ2v) is 5.01. The van der Waals surface area contributed by atoms with Crippen molar-refractivity contribution >= 4 is 0 Å². The highest BCUT2D eigenvalue weighted by atomic mass is 16.5. The summed E-state index contributed by atoms with van der Waals surface area (Å²) in [6, 6.07) is 5.88. The zero-order valence-corrected chi connectivity index (χ0v) is 11.9. The molecule has 18 heavy (non-hydrogen) atoms. The van der Waals surface area contributed by atoms with E-state index in [1.807, 2.05) is 18.2 Å². The largest absolute Gasteiger partial charge is 0.481 e. The molecular formula is C14H25N3O. The first-order valence-electron chi connectivity index (χ1n) is 6.51. The van der Waals surface area contributed by atoms with Crippen LogP contribution in [0.3, 0.4) is 0 Å². The Balaban J connectivity index is 2.28. The zero-order valence-electron chi connectivity index (χ0n) is 11.9. The second kappa shape index (κ2) is 8.06. The van der Waals surface area contributed by atoms with Crippen LogP contribution in [0.25, 0.3) is 0 Å². The van der Waals surface area contributed by atoms with Gasteiger partial charge >= 0.3 is 0 Å². The molecule has 0 saturated carbocycles. The quantitative estimate of drug-likeness (QED) is 0.715. The molecule has 0 atom stereocenters. The molecule has 1 rings (SSSR count). The van der Waals surface area contributed by atoms with E-state index < -0.39 is 0 Å². The van der Waals surface area contributed by atoms with Crippen molar-refractivity contribution < 1.29 is 4.74 Å². The maximum Gasteiger partial charge on any atom is 0.213 e. The van der Waals surface area contributed by atoms with Crippen LogP contribution in [0.5, 0.6) is 5.88 Å². The number of hydrogen-bond acceptors (Lipinski definition) is 4. The van der Waals surface area contributed by atoms with Crippen LogP contribution in [0.1, 0.15) is 19.5 Å². The van der Waals surface area contributed by atoms with Crippen molar-refractivity contribution in [3.63, 3.8) is 0 Å². The lowest BCUT2D eigenvalue weighted by Gasteiger charge is -2.17. The van der Waals surface area contributed by atoms with E-state index >= 15 is 0 Å². The number of ether oxygens (including phenoxy) is 1. The van der Waals surface area contributed by atoms with E-state index in [-0.39, 0.29) is 0 Å². The van der Waals surface area contributed by atoms with Gasteiger partial charge in [-0.15, -0.1) is 0 Å². The van der Waals surface area contributed by atoms with E-state index in [1.165, 1.54) is 0 Å². The number of nitrogens with one attached hydrogen (secondary N) is 1. The van der Waals surface area contributed by atoms with Gasteiger partial charge in [-0.1, -0.05) is 19.9 Å². The van der Waals surface area contributed by atoms with Crippen molar-refractivity contribution in [1.82, 2.24) is 15.2 Å². The first-order chi connectivity index (χ1) is 8.61. The van der Waals surface area contributed by atoms with Crippen LogP contribution in [0.4, 0.5) is 0 Å². The Morgan fingerprint density at radius 1 is 1.39 bits per heavy atom. The minimum atomic E-state index is 0.679. The number of pyridine rings is 1. The van der Waals surface area contributed by atoms with Crippen LogP contribution < -0.4 is 10.1 Å². The summed E-state index contributed by atoms with van der Waals surface area (Å²) in [7, 11) is 3.75. The van der Waals surface area contributed by atoms with Crippen molar-refractivity contribution in [2.24, 2.45) is 5.92 Å². The molecule has 0 aliphatic carbocycles. The molecule has 0 aromatic carbocycles. The fourth-order valence-corrected chi connectivity index (χ4v) is 1.68. The predicted octanol–water partition coefficient (Wildman–Crippen LogP) is 1.77. The number of likely N-dealkylation sites (N-methyl/N-ethyl adjacent to an activating group) is 1. The lowest BCUT2D eigenvalue weighted by atomic mass is 10.2. The number of methoxy groups -OCH3 is 1. The molecule has 1 aromatic heterocycles. The molecule has 1 aromatic rings. The smallest absolute Gasteiger partial charge is 0.213 e. The van der Waals surface area contributed by atoms with Crippen molar-refractivity contribution in [2.45, 2.75) is 20.4 Å². The molecule has 0 fully saturated rings. The minimum Gasteiger partial charge on any atom is -0.481 e. The van der Waals surface area contributed by atoms with Crippen molar-refractivity contribution in [1.29, 1.82) is 0 Å². The van der Waals surface area contributed by atoms with Gasteiger partial charge in [0.25, 0.3) is 0 Å². The Morgan fingerprint density at radius 3 is 2.83 bits per heavy atom. The zero-order chi connectivity index (χ0) is 13.4. The molecule has 102 valence electrons. The van der Waals surface area contributed by atoms with Crippen LogP contribution in [0.2, 0.25) is 0 Å². The normalized spacial score (nSPS) is 11.2. The van der Waals surface area contributed by atoms with E-state index in [2.05, 4.69) is 36.1 Å². The van der Waals surface area contributed by atoms with Crippen molar-refractivity contribution in [2.75, 3.05) is 33.8 Å². The monoisotopic (exact) mass is 251 g/mol. The van der Waals surface area contributed by atoms with E-state index in [0.29, 0.717) is 11.8 Å². The molecule has 0 radical (unpaired) electrons. The fraction of sp³-hybridized carbons (Fsp3) is 0.643. The second-order valence-electron chi connectivity index (χ2n) is 5.01. The van der Waals surface area contributed by atoms with Crippen molar-refractivity contribution in [3.05, 3.63) is 23.9 Å². The molecule has 4 nitrogen and oxygen atoms in total. The Hall–Kier alpha value is -1.13. The maximum absolute atomic E-state index is 5.12. The summed E-state index contributed by atoms with van der Waals surface area (Å²) in [5.41, 5.74) is 1.04. The first kappa shape index (κ1) is 14.9. The number of aromatic nitrogens is 1. The molecule has 0 bridgehead atoms. The van der Waals surface area contributed by atoms with E-state index in [1.54, 1.807) is 7.11 Å². The Kier molecular flexibility index (Phi) is 6.68. The number of nitrogens with zero attached hydrogens (tertiary/aromatic N) is 2. The summed E-state index contributed by atoms with van der Waals surface area (Å²) in [6.07, 6.45) is 0. The highest BCUT2D eigenvalue weighted by Gasteiger charge is 2.03. The van der Waals surface area contributed by atoms with Crippen LogP contribution in [0.15, 0.2) is 18.2 Å². The van der Waals surface area contributed by atoms with Gasteiger partial charge < -0.3 is 10.1 Å². The SMILES string of the molecule is COc1cccc(CN(C)CCNCC(C)C)n1. The van der Waals surface area contributed by atoms with Crippen LogP contribution in [-0.4, -0.2) is 43.7 Å². The maximum atomic E-state index is 5.12. The molecule has 0 saturated heterocycles. The average Bonchev–Trinajstić information content (AvgIpc) is 2.34. The third-order valence-corrected chi connectivity index (χ3v) is 2.65. The van der Waals surface area contributed by atoms with Crippen LogP contribution in [0, 0.1) is 5.92 Å². The minimum absolute atomic E-state index is 0.679. The van der Waals surface area contributed by atoms with Gasteiger partial charge in [0.1, 0.15) is 0 Å². The van der Waals surface area contributed by atoms with Gasteiger partial charge in [-0.2, -0.15) is 0 Å². The first-order valence-corrected chi connectivity index (χ1v) is 6.51. The summed E-state index contributed by atoms with van der Waals surface area (Å²) >= 11 is 0. The molecule has 0 aliphatic rings. The van der Waals surface area contributed by atoms with Gasteiger partial charge in [0.15, 0.2) is 0 Å². The highest BCUT2D eigenvalue weighted by Crippen LogP contribution is 2.07. The van der Waals surface area contributed by atoms with E-state index in [0.717, 1.165) is 31.9 Å². The lowest BCUT2D eigenvalue weighted by Crippen LogP contribution is -2.31. The molecule has 0 spiro atoms. The number of rotatable bonds is 8. The molecule has 0 amide bonds. The van der Waals surface area contributed by atoms with Gasteiger partial charge in [0.2, 0.25) is 5.88 Å². The van der Waals surface area contributed by atoms with Crippen LogP contribution >= 0.6 is 0 Å². The van der Waals surface area contributed by atoms with Gasteiger partial charge in [0, 0.05) is 25.7 Å². The topological polar surface area (TPSA) is 37.4 Å². The molecular weight excluding hydrogens is 226 g/mol. The number of hydrogen-bond donors (Lipinski definition) is 1. The van der Waals surface area contributed by atoms with Gasteiger partial charge in [-0.05, 0) is 25.6 Å². The summed E-state index contributed by atoms with van der Waals surface area (Å²) in [5.74, 6) is 1.38. The molecule has 1 heterocycles. The third kappa shape index (κ3) is 5.98. The molecule has 0 aliphatic heterocycles. The molecule has 0 unspecified atom stereocenters. The van der Waals surface area contributed by atoms with Gasteiger partial charge in [-0.3, -0.25) is 4.90 Å². The van der Waals surface area contributed by atoms with E-state index in [4.69, 9.17) is 4.74 Å². The summed E-state index contributed by atoms with van der Waals surface area (Å²) in [6.45, 7) is 8.39. The summed E-state index contributed by atoms with van der Waals surface area (Å²) in [5, 5.41) is 3.44. The van der Waals surface area contributed by atoms with E-state index in [9.17, 15) is 0 Å². The lowest BCUT2D eigenvalue weighted by molar-refractivity contribution is 0.315. The Morgan fingerprint density at radius 2 is 2.17 bits per heavy atom. The highest BCUT2D eigenvalue weighted by molar-refractivity contribution is 5.15. The average molecular weight is 251 g/mol. The fourth-order valence-electron chi connectivity index (χ4n) is 1.68. The molecule has 4 heteroatoms. The third-order valence-electron chi connectivity index (χ3n) is 2.65.